The summed E-state index contributed by atoms with van der Waals surface area (Å²) in [6.45, 7) is -2.04. The van der Waals surface area contributed by atoms with Gasteiger partial charge in [0.2, 0.25) is 5.91 Å². The Morgan fingerprint density at radius 2 is 2.06 bits per heavy atom. The van der Waals surface area contributed by atoms with Crippen molar-refractivity contribution in [3.63, 3.8) is 0 Å². The van der Waals surface area contributed by atoms with Gasteiger partial charge in [-0.2, -0.15) is 0 Å². The second-order valence-electron chi connectivity index (χ2n) is 8.59. The molecule has 0 spiro atoms. The first-order valence-electron chi connectivity index (χ1n) is 12.2. The molecule has 0 atom stereocenters. The molecule has 32 heavy (non-hydrogen) atoms. The molecule has 3 aromatic heterocycles. The van der Waals surface area contributed by atoms with Gasteiger partial charge in [0.1, 0.15) is 5.82 Å². The van der Waals surface area contributed by atoms with E-state index in [9.17, 15) is 14.4 Å². The Balaban J connectivity index is 1.54. The number of carbonyl (C=O) groups is 2. The Morgan fingerprint density at radius 3 is 2.78 bits per heavy atom. The number of anilines is 3. The number of fused-ring (bicyclic) bond motifs is 1. The Kier molecular flexibility index (Phi) is 4.15. The van der Waals surface area contributed by atoms with Gasteiger partial charge in [-0.1, -0.05) is 0 Å². The zero-order valence-corrected chi connectivity index (χ0v) is 17.6. The summed E-state index contributed by atoms with van der Waals surface area (Å²) in [5.41, 5.74) is 1.22. The number of amides is 2. The fourth-order valence-electron chi connectivity index (χ4n) is 3.85. The van der Waals surface area contributed by atoms with Crippen LogP contribution in [0.5, 0.6) is 0 Å². The predicted octanol–water partition coefficient (Wildman–Crippen LogP) is 2.60. The molecule has 3 N–H and O–H groups in total. The lowest BCUT2D eigenvalue weighted by Crippen LogP contribution is -2.22. The van der Waals surface area contributed by atoms with Gasteiger partial charge in [0.05, 0.1) is 27.8 Å². The van der Waals surface area contributed by atoms with Gasteiger partial charge in [0.15, 0.2) is 0 Å². The first kappa shape index (κ1) is 17.0. The minimum atomic E-state index is -2.69. The summed E-state index contributed by atoms with van der Waals surface area (Å²) in [4.78, 5) is 42.4. The van der Waals surface area contributed by atoms with E-state index in [4.69, 9.17) is 4.11 Å². The molecule has 0 bridgehead atoms. The van der Waals surface area contributed by atoms with Crippen LogP contribution in [0, 0.1) is 11.8 Å². The number of nitrogens with one attached hydrogen (secondary N) is 3. The van der Waals surface area contributed by atoms with Crippen molar-refractivity contribution in [1.29, 1.82) is 0 Å². The second-order valence-corrected chi connectivity index (χ2v) is 8.59. The van der Waals surface area contributed by atoms with E-state index >= 15 is 0 Å². The highest BCUT2D eigenvalue weighted by Gasteiger charge is 2.30. The van der Waals surface area contributed by atoms with E-state index in [1.807, 2.05) is 18.4 Å². The monoisotopic (exact) mass is 437 g/mol. The van der Waals surface area contributed by atoms with Crippen molar-refractivity contribution in [2.24, 2.45) is 18.9 Å². The molecule has 0 aromatic carbocycles. The van der Waals surface area contributed by atoms with Crippen LogP contribution in [-0.4, -0.2) is 32.9 Å². The van der Waals surface area contributed by atoms with Gasteiger partial charge in [-0.25, -0.2) is 4.98 Å². The van der Waals surface area contributed by atoms with Gasteiger partial charge in [-0.3, -0.25) is 14.4 Å². The Morgan fingerprint density at radius 1 is 1.25 bits per heavy atom. The van der Waals surface area contributed by atoms with Crippen LogP contribution >= 0.6 is 0 Å². The fourth-order valence-corrected chi connectivity index (χ4v) is 3.85. The summed E-state index contributed by atoms with van der Waals surface area (Å²) in [6, 6.07) is 3.35. The molecule has 3 aromatic rings. The van der Waals surface area contributed by atoms with Gasteiger partial charge in [0, 0.05) is 55.3 Å². The summed E-state index contributed by atoms with van der Waals surface area (Å²) < 4.78 is 25.6. The smallest absolute Gasteiger partial charge is 0.262 e. The van der Waals surface area contributed by atoms with Crippen molar-refractivity contribution in [1.82, 2.24) is 19.4 Å². The number of aryl methyl sites for hydroxylation is 1. The van der Waals surface area contributed by atoms with Crippen LogP contribution in [0.2, 0.25) is 0 Å². The van der Waals surface area contributed by atoms with Crippen molar-refractivity contribution < 1.29 is 13.7 Å². The third-order valence-corrected chi connectivity index (χ3v) is 6.00. The highest BCUT2D eigenvalue weighted by molar-refractivity contribution is 6.03. The van der Waals surface area contributed by atoms with Gasteiger partial charge in [-0.15, -0.1) is 0 Å². The lowest BCUT2D eigenvalue weighted by molar-refractivity contribution is -0.117. The first-order valence-corrected chi connectivity index (χ1v) is 10.7. The van der Waals surface area contributed by atoms with Crippen LogP contribution < -0.4 is 21.5 Å². The molecular weight excluding hydrogens is 408 g/mol. The molecule has 2 amide bonds. The molecule has 9 heteroatoms. The first-order chi connectivity index (χ1) is 16.6. The average Bonchev–Trinajstić information content (AvgIpc) is 3.68. The lowest BCUT2D eigenvalue weighted by Gasteiger charge is -2.13. The van der Waals surface area contributed by atoms with Crippen molar-refractivity contribution in [3.05, 3.63) is 46.6 Å². The van der Waals surface area contributed by atoms with Gasteiger partial charge < -0.3 is 25.1 Å². The molecule has 0 unspecified atom stereocenters. The largest absolute Gasteiger partial charge is 0.355 e. The summed E-state index contributed by atoms with van der Waals surface area (Å²) in [5.74, 6) is -0.322. The third-order valence-electron chi connectivity index (χ3n) is 6.00. The van der Waals surface area contributed by atoms with E-state index in [-0.39, 0.29) is 34.5 Å². The Hall–Kier alpha value is -3.62. The molecule has 0 saturated heterocycles. The Labute approximate surface area is 189 Å². The summed E-state index contributed by atoms with van der Waals surface area (Å²) >= 11 is 0. The molecule has 0 aliphatic heterocycles. The molecular formula is C23H26N6O3. The molecule has 2 fully saturated rings. The van der Waals surface area contributed by atoms with Crippen LogP contribution in [0.1, 0.15) is 40.2 Å². The van der Waals surface area contributed by atoms with Crippen molar-refractivity contribution in [2.45, 2.75) is 32.2 Å². The molecule has 3 heterocycles. The maximum atomic E-state index is 13.3. The highest BCUT2D eigenvalue weighted by atomic mass is 16.2. The van der Waals surface area contributed by atoms with Crippen LogP contribution in [-0.2, 0) is 18.4 Å². The molecule has 2 aliphatic rings. The van der Waals surface area contributed by atoms with Crippen molar-refractivity contribution >= 4 is 39.9 Å². The standard InChI is InChI=1S/C23H26N6O3/c1-24-22(31)15-10-25-19(27-21(30)14-5-6-14)9-16(15)26-17-12-28(2)18-7-8-29(11-13-3-4-13)23(32)20(17)18/h7-10,12-14H,3-6,11H2,1-2H3,(H,24,31)(H2,25,26,27,30)/i1D3. The number of carbonyl (C=O) groups excluding carboxylic acids is 2. The lowest BCUT2D eigenvalue weighted by atomic mass is 10.2. The summed E-state index contributed by atoms with van der Waals surface area (Å²) in [5, 5.41) is 8.28. The second kappa shape index (κ2) is 7.81. The quantitative estimate of drug-likeness (QED) is 0.526. The minimum absolute atomic E-state index is 0.0308. The number of rotatable bonds is 7. The molecule has 5 rings (SSSR count). The van der Waals surface area contributed by atoms with E-state index < -0.39 is 12.9 Å². The molecule has 2 saturated carbocycles. The average molecular weight is 438 g/mol. The van der Waals surface area contributed by atoms with Crippen molar-refractivity contribution in [3.8, 4) is 0 Å². The zero-order valence-electron chi connectivity index (χ0n) is 20.6. The van der Waals surface area contributed by atoms with E-state index in [0.29, 0.717) is 29.1 Å². The normalized spacial score (nSPS) is 17.3. The van der Waals surface area contributed by atoms with E-state index in [1.54, 1.807) is 21.5 Å². The number of hydrogen-bond acceptors (Lipinski definition) is 5. The van der Waals surface area contributed by atoms with Crippen molar-refractivity contribution in [2.75, 3.05) is 17.6 Å². The third kappa shape index (κ3) is 3.86. The number of hydrogen-bond donors (Lipinski definition) is 3. The highest BCUT2D eigenvalue weighted by Crippen LogP contribution is 2.33. The zero-order chi connectivity index (χ0) is 24.9. The molecule has 0 radical (unpaired) electrons. The summed E-state index contributed by atoms with van der Waals surface area (Å²) in [7, 11) is 1.81. The maximum absolute atomic E-state index is 13.3. The van der Waals surface area contributed by atoms with E-state index in [1.165, 1.54) is 12.3 Å². The SMILES string of the molecule is [2H]C([2H])([2H])NC(=O)c1cnc(NC(=O)C2CC2)cc1Nc1cn(C)c2ccn(CC3CC3)c(=O)c12. The number of aromatic nitrogens is 3. The topological polar surface area (TPSA) is 110 Å². The van der Waals surface area contributed by atoms with Gasteiger partial charge in [0.25, 0.3) is 11.5 Å². The number of nitrogens with zero attached hydrogens (tertiary/aromatic N) is 3. The molecule has 2 aliphatic carbocycles. The maximum Gasteiger partial charge on any atom is 0.262 e. The van der Waals surface area contributed by atoms with Gasteiger partial charge >= 0.3 is 0 Å². The van der Waals surface area contributed by atoms with E-state index in [0.717, 1.165) is 25.7 Å². The minimum Gasteiger partial charge on any atom is -0.355 e. The predicted molar refractivity (Wildman–Crippen MR) is 122 cm³/mol. The van der Waals surface area contributed by atoms with Crippen LogP contribution in [0.15, 0.2) is 35.5 Å². The summed E-state index contributed by atoms with van der Waals surface area (Å²) in [6.07, 6.45) is 8.60. The Bertz CT molecular complexity index is 1390. The van der Waals surface area contributed by atoms with E-state index in [2.05, 4.69) is 15.6 Å². The van der Waals surface area contributed by atoms with Gasteiger partial charge in [-0.05, 0) is 37.7 Å². The van der Waals surface area contributed by atoms with Crippen LogP contribution in [0.4, 0.5) is 17.2 Å². The fraction of sp³-hybridized carbons (Fsp3) is 0.391. The molecule has 9 nitrogen and oxygen atoms in total. The van der Waals surface area contributed by atoms with Crippen LogP contribution in [0.25, 0.3) is 10.9 Å². The molecule has 166 valence electrons. The number of pyridine rings is 2. The van der Waals surface area contributed by atoms with Crippen LogP contribution in [0.3, 0.4) is 0 Å².